The Balaban J connectivity index is 1.63. The van der Waals surface area contributed by atoms with E-state index in [1.165, 1.54) is 19.3 Å². The number of unbranched alkanes of at least 4 members (excludes halogenated alkanes) is 4. The molecule has 0 amide bonds. The molecule has 0 spiro atoms. The number of halogens is 2. The monoisotopic (exact) mass is 388 g/mol. The lowest BCUT2D eigenvalue weighted by Crippen LogP contribution is -2.12. The molecule has 0 aromatic heterocycles. The Labute approximate surface area is 168 Å². The maximum atomic E-state index is 14.8. The molecule has 1 aromatic carbocycles. The van der Waals surface area contributed by atoms with Gasteiger partial charge in [0.1, 0.15) is 0 Å². The second-order valence-electron chi connectivity index (χ2n) is 8.37. The molecular weight excluding hydrogens is 354 g/mol. The molecule has 2 aliphatic rings. The first kappa shape index (κ1) is 21.1. The van der Waals surface area contributed by atoms with Crippen LogP contribution in [0.15, 0.2) is 30.9 Å². The summed E-state index contributed by atoms with van der Waals surface area (Å²) in [6, 6.07) is 3.33. The Kier molecular flexibility index (Phi) is 7.70. The molecule has 154 valence electrons. The van der Waals surface area contributed by atoms with Gasteiger partial charge in [0.2, 0.25) is 5.82 Å². The molecule has 28 heavy (non-hydrogen) atoms. The van der Waals surface area contributed by atoms with Crippen molar-refractivity contribution in [2.45, 2.75) is 71.1 Å². The molecule has 3 unspecified atom stereocenters. The lowest BCUT2D eigenvalue weighted by Gasteiger charge is -2.20. The third-order valence-electron chi connectivity index (χ3n) is 6.58. The zero-order valence-corrected chi connectivity index (χ0v) is 17.2. The van der Waals surface area contributed by atoms with Crippen LogP contribution in [0.2, 0.25) is 0 Å². The van der Waals surface area contributed by atoms with Crippen molar-refractivity contribution < 1.29 is 13.5 Å². The molecule has 1 nitrogen and oxygen atoms in total. The van der Waals surface area contributed by atoms with Gasteiger partial charge in [-0.3, -0.25) is 0 Å². The highest BCUT2D eigenvalue weighted by atomic mass is 19.2. The summed E-state index contributed by atoms with van der Waals surface area (Å²) in [6.07, 6.45) is 15.1. The topological polar surface area (TPSA) is 9.23 Å². The number of fused-ring (bicyclic) bond motifs is 1. The van der Waals surface area contributed by atoms with Crippen LogP contribution in [0.1, 0.15) is 76.7 Å². The van der Waals surface area contributed by atoms with E-state index in [4.69, 9.17) is 4.74 Å². The van der Waals surface area contributed by atoms with E-state index in [-0.39, 0.29) is 5.75 Å². The molecule has 0 bridgehead atoms. The lowest BCUT2D eigenvalue weighted by atomic mass is 9.85. The second kappa shape index (κ2) is 10.2. The fourth-order valence-electron chi connectivity index (χ4n) is 5.08. The van der Waals surface area contributed by atoms with Crippen molar-refractivity contribution in [3.63, 3.8) is 0 Å². The Morgan fingerprint density at radius 2 is 1.96 bits per heavy atom. The first-order chi connectivity index (χ1) is 13.7. The van der Waals surface area contributed by atoms with Gasteiger partial charge < -0.3 is 4.74 Å². The number of hydrogen-bond donors (Lipinski definition) is 0. The van der Waals surface area contributed by atoms with Gasteiger partial charge in [-0.05, 0) is 80.4 Å². The van der Waals surface area contributed by atoms with Gasteiger partial charge in [0.25, 0.3) is 0 Å². The summed E-state index contributed by atoms with van der Waals surface area (Å²) in [6.45, 7) is 6.39. The zero-order valence-electron chi connectivity index (χ0n) is 17.2. The Morgan fingerprint density at radius 1 is 1.11 bits per heavy atom. The summed E-state index contributed by atoms with van der Waals surface area (Å²) in [4.78, 5) is 0. The number of benzene rings is 1. The molecule has 3 heteroatoms. The molecule has 0 saturated heterocycles. The fourth-order valence-corrected chi connectivity index (χ4v) is 5.08. The van der Waals surface area contributed by atoms with E-state index >= 15 is 0 Å². The first-order valence-electron chi connectivity index (χ1n) is 11.1. The number of allylic oxidation sites excluding steroid dienone is 3. The molecule has 0 aliphatic heterocycles. The van der Waals surface area contributed by atoms with Crippen molar-refractivity contribution in [1.82, 2.24) is 0 Å². The van der Waals surface area contributed by atoms with E-state index in [0.717, 1.165) is 50.5 Å². The molecule has 2 aliphatic carbocycles. The van der Waals surface area contributed by atoms with Crippen molar-refractivity contribution in [3.05, 3.63) is 48.1 Å². The van der Waals surface area contributed by atoms with E-state index in [1.54, 1.807) is 12.1 Å². The molecule has 1 fully saturated rings. The predicted molar refractivity (Wildman–Crippen MR) is 112 cm³/mol. The summed E-state index contributed by atoms with van der Waals surface area (Å²) in [7, 11) is 0. The van der Waals surface area contributed by atoms with Crippen molar-refractivity contribution in [2.75, 3.05) is 6.61 Å². The summed E-state index contributed by atoms with van der Waals surface area (Å²) in [5.74, 6) is 0.144. The highest BCUT2D eigenvalue weighted by molar-refractivity contribution is 5.71. The standard InChI is InChI=1S/C25H34F2O/c1-3-5-7-9-17-28-23-16-15-22(24(26)25(23)27)21-14-13-19-18(10-8-6-4-2)11-12-20(19)21/h4,14-16,18-20H,2-3,5-13,17H2,1H3. The minimum Gasteiger partial charge on any atom is -0.490 e. The van der Waals surface area contributed by atoms with Gasteiger partial charge in [-0.15, -0.1) is 6.58 Å². The average Bonchev–Trinajstić information content (AvgIpc) is 3.28. The van der Waals surface area contributed by atoms with E-state index in [9.17, 15) is 8.78 Å². The van der Waals surface area contributed by atoms with Gasteiger partial charge in [-0.2, -0.15) is 4.39 Å². The van der Waals surface area contributed by atoms with Crippen molar-refractivity contribution in [3.8, 4) is 5.75 Å². The van der Waals surface area contributed by atoms with Crippen LogP contribution in [0.5, 0.6) is 5.75 Å². The third kappa shape index (κ3) is 4.67. The van der Waals surface area contributed by atoms with Crippen LogP contribution in [0, 0.1) is 29.4 Å². The summed E-state index contributed by atoms with van der Waals surface area (Å²) >= 11 is 0. The Bertz CT molecular complexity index is 694. The fraction of sp³-hybridized carbons (Fsp3) is 0.600. The van der Waals surface area contributed by atoms with Crippen LogP contribution in [-0.4, -0.2) is 6.61 Å². The van der Waals surface area contributed by atoms with Crippen molar-refractivity contribution in [2.24, 2.45) is 17.8 Å². The van der Waals surface area contributed by atoms with Gasteiger partial charge in [0.15, 0.2) is 11.6 Å². The highest BCUT2D eigenvalue weighted by Gasteiger charge is 2.41. The largest absolute Gasteiger partial charge is 0.490 e. The number of hydrogen-bond acceptors (Lipinski definition) is 1. The quantitative estimate of drug-likeness (QED) is 0.279. The average molecular weight is 389 g/mol. The lowest BCUT2D eigenvalue weighted by molar-refractivity contribution is 0.285. The van der Waals surface area contributed by atoms with Gasteiger partial charge in [-0.25, -0.2) is 4.39 Å². The summed E-state index contributed by atoms with van der Waals surface area (Å²) in [5, 5.41) is 0. The molecule has 0 N–H and O–H groups in total. The molecule has 0 heterocycles. The SMILES string of the molecule is C=CCCCC1CCC2C(c3ccc(OCCCCCC)c(F)c3F)=CCC12. The van der Waals surface area contributed by atoms with E-state index < -0.39 is 11.6 Å². The van der Waals surface area contributed by atoms with Crippen LogP contribution in [0.4, 0.5) is 8.78 Å². The molecule has 0 radical (unpaired) electrons. The van der Waals surface area contributed by atoms with Crippen LogP contribution < -0.4 is 4.74 Å². The number of ether oxygens (including phenoxy) is 1. The normalized spacial score (nSPS) is 23.5. The minimum atomic E-state index is -0.835. The van der Waals surface area contributed by atoms with Crippen LogP contribution in [0.25, 0.3) is 5.57 Å². The maximum absolute atomic E-state index is 14.8. The molecule has 3 rings (SSSR count). The van der Waals surface area contributed by atoms with Crippen molar-refractivity contribution >= 4 is 5.57 Å². The summed E-state index contributed by atoms with van der Waals surface area (Å²) < 4.78 is 34.9. The van der Waals surface area contributed by atoms with Gasteiger partial charge in [-0.1, -0.05) is 38.3 Å². The Hall–Kier alpha value is -1.64. The van der Waals surface area contributed by atoms with E-state index in [1.807, 2.05) is 6.08 Å². The van der Waals surface area contributed by atoms with Crippen LogP contribution >= 0.6 is 0 Å². The predicted octanol–water partition coefficient (Wildman–Crippen LogP) is 7.71. The van der Waals surface area contributed by atoms with Crippen molar-refractivity contribution in [1.29, 1.82) is 0 Å². The second-order valence-corrected chi connectivity index (χ2v) is 8.37. The first-order valence-corrected chi connectivity index (χ1v) is 11.1. The third-order valence-corrected chi connectivity index (χ3v) is 6.58. The smallest absolute Gasteiger partial charge is 0.201 e. The number of rotatable bonds is 11. The molecule has 3 atom stereocenters. The van der Waals surface area contributed by atoms with Crippen LogP contribution in [0.3, 0.4) is 0 Å². The molecular formula is C25H34F2O. The molecule has 1 saturated carbocycles. The maximum Gasteiger partial charge on any atom is 0.201 e. The Morgan fingerprint density at radius 3 is 2.75 bits per heavy atom. The van der Waals surface area contributed by atoms with Crippen LogP contribution in [-0.2, 0) is 0 Å². The summed E-state index contributed by atoms with van der Waals surface area (Å²) in [5.41, 5.74) is 1.46. The van der Waals surface area contributed by atoms with Gasteiger partial charge in [0.05, 0.1) is 6.61 Å². The molecule has 1 aromatic rings. The van der Waals surface area contributed by atoms with Gasteiger partial charge in [0, 0.05) is 5.56 Å². The van der Waals surface area contributed by atoms with E-state index in [2.05, 4.69) is 19.6 Å². The zero-order chi connectivity index (χ0) is 19.9. The highest BCUT2D eigenvalue weighted by Crippen LogP contribution is 2.52. The van der Waals surface area contributed by atoms with E-state index in [0.29, 0.717) is 29.9 Å². The van der Waals surface area contributed by atoms with Gasteiger partial charge >= 0.3 is 0 Å². The minimum absolute atomic E-state index is 0.0432.